The molecule has 1 unspecified atom stereocenters. The van der Waals surface area contributed by atoms with Gasteiger partial charge in [0.25, 0.3) is 0 Å². The van der Waals surface area contributed by atoms with Gasteiger partial charge in [-0.25, -0.2) is 4.79 Å². The second-order valence-electron chi connectivity index (χ2n) is 12.0. The maximum absolute atomic E-state index is 13.5. The number of carbonyl (C=O) groups is 2. The first-order chi connectivity index (χ1) is 23.2. The molecule has 0 saturated carbocycles. The number of aromatic amines is 1. The number of amides is 2. The first-order valence-corrected chi connectivity index (χ1v) is 17.5. The number of thiazole rings is 1. The van der Waals surface area contributed by atoms with Crippen molar-refractivity contribution < 1.29 is 24.5 Å². The third kappa shape index (κ3) is 10.7. The summed E-state index contributed by atoms with van der Waals surface area (Å²) in [5, 5.41) is 20.8. The number of phenols is 1. The van der Waals surface area contributed by atoms with Crippen molar-refractivity contribution in [2.75, 3.05) is 59.0 Å². The third-order valence-corrected chi connectivity index (χ3v) is 9.65. The third-order valence-electron chi connectivity index (χ3n) is 8.71. The van der Waals surface area contributed by atoms with Crippen molar-refractivity contribution in [2.24, 2.45) is 0 Å². The lowest BCUT2D eigenvalue weighted by molar-refractivity contribution is -0.132. The van der Waals surface area contributed by atoms with Crippen LogP contribution in [0.25, 0.3) is 10.2 Å². The Labute approximate surface area is 286 Å². The first-order valence-electron chi connectivity index (χ1n) is 16.7. The van der Waals surface area contributed by atoms with Gasteiger partial charge in [0, 0.05) is 38.6 Å². The number of rotatable bonds is 19. The van der Waals surface area contributed by atoms with E-state index in [1.165, 1.54) is 16.0 Å². The van der Waals surface area contributed by atoms with E-state index in [4.69, 9.17) is 4.74 Å². The molecule has 3 aromatic carbocycles. The predicted molar refractivity (Wildman–Crippen MR) is 191 cm³/mol. The molecule has 1 heterocycles. The Morgan fingerprint density at radius 2 is 1.60 bits per heavy atom. The van der Waals surface area contributed by atoms with E-state index < -0.39 is 6.09 Å². The normalized spacial score (nSPS) is 12.0. The maximum Gasteiger partial charge on any atom is 0.407 e. The Morgan fingerprint density at radius 3 is 2.31 bits per heavy atom. The lowest BCUT2D eigenvalue weighted by Gasteiger charge is -2.31. The van der Waals surface area contributed by atoms with Gasteiger partial charge in [0.15, 0.2) is 0 Å². The molecule has 1 aromatic heterocycles. The van der Waals surface area contributed by atoms with Crippen LogP contribution in [0.3, 0.4) is 0 Å². The summed E-state index contributed by atoms with van der Waals surface area (Å²) in [7, 11) is 0. The molecule has 0 aliphatic rings. The van der Waals surface area contributed by atoms with Crippen molar-refractivity contribution in [1.29, 1.82) is 0 Å². The zero-order valence-electron chi connectivity index (χ0n) is 28.2. The second-order valence-corrected chi connectivity index (χ2v) is 13.0. The van der Waals surface area contributed by atoms with Crippen LogP contribution in [0.2, 0.25) is 0 Å². The maximum atomic E-state index is 13.5. The van der Waals surface area contributed by atoms with Crippen molar-refractivity contribution in [3.8, 4) is 5.75 Å². The molecule has 4 rings (SSSR count). The van der Waals surface area contributed by atoms with Gasteiger partial charge in [-0.2, -0.15) is 0 Å². The zero-order valence-corrected chi connectivity index (χ0v) is 29.0. The lowest BCUT2D eigenvalue weighted by Crippen LogP contribution is -2.45. The Hall–Kier alpha value is -4.19. The number of fused-ring (bicyclic) bond motifs is 1. The highest BCUT2D eigenvalue weighted by Crippen LogP contribution is 2.34. The number of aryl methyl sites for hydroxylation is 1. The number of carbonyl (C=O) groups excluding carboxylic acids is 1. The number of nitrogens with one attached hydrogen (secondary N) is 1. The number of hydrogen-bond donors (Lipinski definition) is 3. The molecule has 0 radical (unpaired) electrons. The van der Waals surface area contributed by atoms with Gasteiger partial charge in [0.2, 0.25) is 5.91 Å². The lowest BCUT2D eigenvalue weighted by atomic mass is 9.91. The number of aromatic nitrogens is 1. The Bertz CT molecular complexity index is 1670. The van der Waals surface area contributed by atoms with Gasteiger partial charge in [0.1, 0.15) is 11.3 Å². The van der Waals surface area contributed by atoms with Gasteiger partial charge >= 0.3 is 11.0 Å². The molecule has 48 heavy (non-hydrogen) atoms. The SMILES string of the molecule is CCN(CC)CCN(CCN(CC(Cc1ccccc1)c1ccc(O)c2[nH]c(=O)sc12)C(=O)O)C(=O)CCOCCc1cccc(C)c1. The van der Waals surface area contributed by atoms with Crippen LogP contribution >= 0.6 is 11.3 Å². The largest absolute Gasteiger partial charge is 0.506 e. The number of hydrogen-bond acceptors (Lipinski definition) is 7. The van der Waals surface area contributed by atoms with Gasteiger partial charge in [-0.1, -0.05) is 91.4 Å². The standard InChI is InChI=1S/C37H48N4O6S/c1-4-39(5-2)18-19-40(33(43)17-23-47-22-16-29-13-9-10-27(3)24-29)20-21-41(37(45)46)26-30(25-28-11-7-6-8-12-28)31-14-15-32(42)34-35(31)48-36(44)38-34/h6-15,24,30,42H,4-5,16-23,25-26H2,1-3H3,(H,38,44)(H,45,46). The summed E-state index contributed by atoms with van der Waals surface area (Å²) in [6.45, 7) is 10.5. The highest BCUT2D eigenvalue weighted by Gasteiger charge is 2.25. The Balaban J connectivity index is 1.46. The van der Waals surface area contributed by atoms with E-state index in [0.717, 1.165) is 42.0 Å². The summed E-state index contributed by atoms with van der Waals surface area (Å²) in [5.74, 6) is -0.400. The quantitative estimate of drug-likeness (QED) is 0.108. The first kappa shape index (κ1) is 36.6. The molecule has 0 spiro atoms. The van der Waals surface area contributed by atoms with E-state index in [2.05, 4.69) is 48.9 Å². The molecule has 10 nitrogen and oxygen atoms in total. The molecule has 1 atom stereocenters. The van der Waals surface area contributed by atoms with Crippen LogP contribution in [-0.4, -0.2) is 101 Å². The van der Waals surface area contributed by atoms with Crippen LogP contribution in [0.4, 0.5) is 4.79 Å². The fourth-order valence-electron chi connectivity index (χ4n) is 5.95. The van der Waals surface area contributed by atoms with E-state index in [9.17, 15) is 24.6 Å². The molecule has 0 aliphatic carbocycles. The van der Waals surface area contributed by atoms with Crippen molar-refractivity contribution in [3.63, 3.8) is 0 Å². The number of ether oxygens (including phenoxy) is 1. The molecule has 258 valence electrons. The summed E-state index contributed by atoms with van der Waals surface area (Å²) in [6.07, 6.45) is 0.432. The van der Waals surface area contributed by atoms with Gasteiger partial charge in [-0.15, -0.1) is 0 Å². The number of carboxylic acid groups (broad SMARTS) is 1. The molecular formula is C37H48N4O6S. The fourth-order valence-corrected chi connectivity index (χ4v) is 6.89. The summed E-state index contributed by atoms with van der Waals surface area (Å²) < 4.78 is 6.44. The van der Waals surface area contributed by atoms with Crippen molar-refractivity contribution in [1.82, 2.24) is 19.7 Å². The number of H-pyrrole nitrogens is 1. The van der Waals surface area contributed by atoms with Crippen molar-refractivity contribution >= 4 is 33.6 Å². The topological polar surface area (TPSA) is 126 Å². The van der Waals surface area contributed by atoms with Crippen molar-refractivity contribution in [2.45, 2.75) is 46.0 Å². The second kappa shape index (κ2) is 18.4. The fraction of sp³-hybridized carbons (Fsp3) is 0.432. The average Bonchev–Trinajstić information content (AvgIpc) is 3.48. The Kier molecular flexibility index (Phi) is 14.0. The van der Waals surface area contributed by atoms with Gasteiger partial charge in [-0.3, -0.25) is 9.59 Å². The van der Waals surface area contributed by atoms with E-state index in [-0.39, 0.29) is 48.5 Å². The molecule has 0 fully saturated rings. The van der Waals surface area contributed by atoms with Gasteiger partial charge < -0.3 is 34.6 Å². The molecule has 0 bridgehead atoms. The van der Waals surface area contributed by atoms with E-state index in [1.807, 2.05) is 36.4 Å². The minimum absolute atomic E-state index is 0.0258. The molecule has 0 aliphatic heterocycles. The summed E-state index contributed by atoms with van der Waals surface area (Å²) in [5.41, 5.74) is 4.57. The summed E-state index contributed by atoms with van der Waals surface area (Å²) in [4.78, 5) is 46.2. The smallest absolute Gasteiger partial charge is 0.407 e. The summed E-state index contributed by atoms with van der Waals surface area (Å²) in [6, 6.07) is 21.4. The van der Waals surface area contributed by atoms with Crippen LogP contribution in [0, 0.1) is 6.92 Å². The van der Waals surface area contributed by atoms with Crippen LogP contribution in [0.5, 0.6) is 5.75 Å². The molecule has 2 amide bonds. The van der Waals surface area contributed by atoms with Crippen LogP contribution in [0.1, 0.15) is 48.4 Å². The molecule has 3 N–H and O–H groups in total. The van der Waals surface area contributed by atoms with Gasteiger partial charge in [-0.05, 0) is 55.6 Å². The number of phenolic OH excluding ortho intramolecular Hbond substituents is 1. The molecular weight excluding hydrogens is 628 g/mol. The van der Waals surface area contributed by atoms with E-state index >= 15 is 0 Å². The van der Waals surface area contributed by atoms with Crippen LogP contribution in [0.15, 0.2) is 71.5 Å². The zero-order chi connectivity index (χ0) is 34.5. The minimum atomic E-state index is -1.08. The van der Waals surface area contributed by atoms with Crippen LogP contribution in [-0.2, 0) is 22.4 Å². The average molecular weight is 677 g/mol. The number of benzene rings is 3. The highest BCUT2D eigenvalue weighted by atomic mass is 32.1. The monoisotopic (exact) mass is 676 g/mol. The highest BCUT2D eigenvalue weighted by molar-refractivity contribution is 7.16. The van der Waals surface area contributed by atoms with Crippen LogP contribution < -0.4 is 4.87 Å². The Morgan fingerprint density at radius 1 is 0.896 bits per heavy atom. The number of likely N-dealkylation sites (N-methyl/N-ethyl adjacent to an activating group) is 1. The number of aromatic hydroxyl groups is 1. The van der Waals surface area contributed by atoms with Gasteiger partial charge in [0.05, 0.1) is 24.3 Å². The molecule has 0 saturated heterocycles. The minimum Gasteiger partial charge on any atom is -0.506 e. The predicted octanol–water partition coefficient (Wildman–Crippen LogP) is 5.73. The number of nitrogens with zero attached hydrogens (tertiary/aromatic N) is 3. The van der Waals surface area contributed by atoms with E-state index in [1.54, 1.807) is 17.0 Å². The van der Waals surface area contributed by atoms with Crippen molar-refractivity contribution in [3.05, 3.63) is 98.7 Å². The molecule has 11 heteroatoms. The molecule has 4 aromatic rings. The van der Waals surface area contributed by atoms with E-state index in [0.29, 0.717) is 42.9 Å². The summed E-state index contributed by atoms with van der Waals surface area (Å²) >= 11 is 1.01.